The van der Waals surface area contributed by atoms with Crippen LogP contribution in [0.1, 0.15) is 41.6 Å². The summed E-state index contributed by atoms with van der Waals surface area (Å²) in [6, 6.07) is 9.44. The van der Waals surface area contributed by atoms with Gasteiger partial charge in [-0.1, -0.05) is 25.1 Å². The number of benzene rings is 2. The molecule has 0 amide bonds. The average Bonchev–Trinajstić information content (AvgIpc) is 2.50. The molecule has 5 heteroatoms. The summed E-state index contributed by atoms with van der Waals surface area (Å²) < 4.78 is 41.2. The number of hydrogen-bond donors (Lipinski definition) is 1. The van der Waals surface area contributed by atoms with Crippen LogP contribution in [0.2, 0.25) is 0 Å². The zero-order chi connectivity index (χ0) is 17.2. The van der Waals surface area contributed by atoms with Crippen LogP contribution < -0.4 is 4.72 Å². The Morgan fingerprint density at radius 1 is 1.00 bits per heavy atom. The molecule has 0 bridgehead atoms. The number of sulfonamides is 1. The smallest absolute Gasteiger partial charge is 0.207 e. The molecule has 0 saturated carbocycles. The normalized spacial score (nSPS) is 13.1. The third-order valence-electron chi connectivity index (χ3n) is 4.08. The Morgan fingerprint density at radius 2 is 1.70 bits per heavy atom. The summed E-state index contributed by atoms with van der Waals surface area (Å²) >= 11 is 0. The topological polar surface area (TPSA) is 46.2 Å². The van der Waals surface area contributed by atoms with Gasteiger partial charge in [0.25, 0.3) is 0 Å². The van der Waals surface area contributed by atoms with Crippen molar-refractivity contribution >= 4 is 10.0 Å². The largest absolute Gasteiger partial charge is 0.241 e. The Morgan fingerprint density at radius 3 is 2.26 bits per heavy atom. The van der Waals surface area contributed by atoms with E-state index in [9.17, 15) is 12.8 Å². The van der Waals surface area contributed by atoms with Crippen molar-refractivity contribution < 1.29 is 12.8 Å². The molecule has 0 heterocycles. The van der Waals surface area contributed by atoms with E-state index in [1.54, 1.807) is 6.92 Å². The monoisotopic (exact) mass is 335 g/mol. The number of halogens is 1. The van der Waals surface area contributed by atoms with Gasteiger partial charge in [0.15, 0.2) is 0 Å². The van der Waals surface area contributed by atoms with E-state index in [0.717, 1.165) is 11.1 Å². The first-order chi connectivity index (χ1) is 10.7. The maximum Gasteiger partial charge on any atom is 0.241 e. The van der Waals surface area contributed by atoms with Crippen molar-refractivity contribution in [2.75, 3.05) is 0 Å². The summed E-state index contributed by atoms with van der Waals surface area (Å²) in [6.07, 6.45) is 0.627. The summed E-state index contributed by atoms with van der Waals surface area (Å²) in [5.41, 5.74) is 3.53. The number of aryl methyl sites for hydroxylation is 3. The third-order valence-corrected chi connectivity index (χ3v) is 5.55. The van der Waals surface area contributed by atoms with Crippen molar-refractivity contribution in [1.82, 2.24) is 4.72 Å². The van der Waals surface area contributed by atoms with E-state index in [0.29, 0.717) is 12.0 Å². The third kappa shape index (κ3) is 3.98. The van der Waals surface area contributed by atoms with Crippen LogP contribution in [0.25, 0.3) is 0 Å². The standard InChI is InChI=1S/C18H22FNO2S/c1-5-18(15-7-6-12(2)13(3)10-15)20-23(21,22)16-8-9-17(19)14(4)11-16/h6-11,18,20H,5H2,1-4H3. The van der Waals surface area contributed by atoms with E-state index in [-0.39, 0.29) is 10.9 Å². The van der Waals surface area contributed by atoms with Gasteiger partial charge in [-0.25, -0.2) is 17.5 Å². The Hall–Kier alpha value is -1.72. The first kappa shape index (κ1) is 17.6. The van der Waals surface area contributed by atoms with Crippen molar-refractivity contribution in [2.45, 2.75) is 45.1 Å². The first-order valence-electron chi connectivity index (χ1n) is 7.60. The second kappa shape index (κ2) is 6.81. The Labute approximate surface area is 137 Å². The summed E-state index contributed by atoms with van der Waals surface area (Å²) in [5.74, 6) is -0.412. The lowest BCUT2D eigenvalue weighted by atomic mass is 10.0. The lowest BCUT2D eigenvalue weighted by Crippen LogP contribution is -2.28. The fourth-order valence-electron chi connectivity index (χ4n) is 2.41. The predicted molar refractivity (Wildman–Crippen MR) is 90.4 cm³/mol. The van der Waals surface area contributed by atoms with Crippen LogP contribution in [-0.2, 0) is 10.0 Å². The van der Waals surface area contributed by atoms with E-state index in [4.69, 9.17) is 0 Å². The molecule has 1 N–H and O–H groups in total. The molecule has 0 spiro atoms. The van der Waals surface area contributed by atoms with E-state index in [1.807, 2.05) is 39.0 Å². The molecule has 2 rings (SSSR count). The van der Waals surface area contributed by atoms with Crippen LogP contribution in [0.4, 0.5) is 4.39 Å². The van der Waals surface area contributed by atoms with Gasteiger partial charge in [-0.05, 0) is 67.6 Å². The second-order valence-electron chi connectivity index (χ2n) is 5.84. The summed E-state index contributed by atoms with van der Waals surface area (Å²) in [6.45, 7) is 7.50. The highest BCUT2D eigenvalue weighted by Gasteiger charge is 2.21. The van der Waals surface area contributed by atoms with Crippen LogP contribution >= 0.6 is 0 Å². The molecule has 23 heavy (non-hydrogen) atoms. The molecular weight excluding hydrogens is 313 g/mol. The van der Waals surface area contributed by atoms with Crippen molar-refractivity contribution in [1.29, 1.82) is 0 Å². The maximum atomic E-state index is 13.3. The van der Waals surface area contributed by atoms with Crippen LogP contribution in [0, 0.1) is 26.6 Å². The molecule has 1 unspecified atom stereocenters. The lowest BCUT2D eigenvalue weighted by Gasteiger charge is -2.19. The molecule has 1 atom stereocenters. The Bertz CT molecular complexity index is 816. The van der Waals surface area contributed by atoms with E-state index < -0.39 is 15.8 Å². The minimum atomic E-state index is -3.70. The van der Waals surface area contributed by atoms with Gasteiger partial charge in [-0.2, -0.15) is 0 Å². The second-order valence-corrected chi connectivity index (χ2v) is 7.55. The summed E-state index contributed by atoms with van der Waals surface area (Å²) in [4.78, 5) is 0.0821. The molecular formula is C18H22FNO2S. The molecule has 0 radical (unpaired) electrons. The van der Waals surface area contributed by atoms with Crippen molar-refractivity contribution in [3.63, 3.8) is 0 Å². The van der Waals surface area contributed by atoms with Gasteiger partial charge in [-0.3, -0.25) is 0 Å². The fourth-order valence-corrected chi connectivity index (χ4v) is 3.80. The lowest BCUT2D eigenvalue weighted by molar-refractivity contribution is 0.549. The highest BCUT2D eigenvalue weighted by Crippen LogP contribution is 2.23. The minimum Gasteiger partial charge on any atom is -0.207 e. The van der Waals surface area contributed by atoms with E-state index in [2.05, 4.69) is 4.72 Å². The van der Waals surface area contributed by atoms with Gasteiger partial charge in [0.05, 0.1) is 4.90 Å². The molecule has 3 nitrogen and oxygen atoms in total. The molecule has 0 aromatic heterocycles. The highest BCUT2D eigenvalue weighted by atomic mass is 32.2. The van der Waals surface area contributed by atoms with Crippen molar-refractivity contribution in [2.24, 2.45) is 0 Å². The zero-order valence-corrected chi connectivity index (χ0v) is 14.7. The SMILES string of the molecule is CCC(NS(=O)(=O)c1ccc(F)c(C)c1)c1ccc(C)c(C)c1. The molecule has 0 aliphatic heterocycles. The fraction of sp³-hybridized carbons (Fsp3) is 0.333. The Kier molecular flexibility index (Phi) is 5.22. The van der Waals surface area contributed by atoms with Crippen LogP contribution in [-0.4, -0.2) is 8.42 Å². The molecule has 0 aliphatic rings. The van der Waals surface area contributed by atoms with Crippen LogP contribution in [0.15, 0.2) is 41.3 Å². The minimum absolute atomic E-state index is 0.0821. The van der Waals surface area contributed by atoms with Gasteiger partial charge in [-0.15, -0.1) is 0 Å². The zero-order valence-electron chi connectivity index (χ0n) is 13.9. The van der Waals surface area contributed by atoms with Gasteiger partial charge in [0.1, 0.15) is 5.82 Å². The van der Waals surface area contributed by atoms with Crippen molar-refractivity contribution in [3.05, 3.63) is 64.5 Å². The van der Waals surface area contributed by atoms with Crippen molar-refractivity contribution in [3.8, 4) is 0 Å². The molecule has 0 fully saturated rings. The first-order valence-corrected chi connectivity index (χ1v) is 9.08. The summed E-state index contributed by atoms with van der Waals surface area (Å²) in [7, 11) is -3.70. The van der Waals surface area contributed by atoms with E-state index in [1.165, 1.54) is 23.8 Å². The van der Waals surface area contributed by atoms with Crippen LogP contribution in [0.3, 0.4) is 0 Å². The Balaban J connectivity index is 2.32. The number of hydrogen-bond acceptors (Lipinski definition) is 2. The van der Waals surface area contributed by atoms with Gasteiger partial charge >= 0.3 is 0 Å². The predicted octanol–water partition coefficient (Wildman–Crippen LogP) is 4.18. The van der Waals surface area contributed by atoms with Gasteiger partial charge in [0.2, 0.25) is 10.0 Å². The molecule has 0 saturated heterocycles. The molecule has 0 aliphatic carbocycles. The maximum absolute atomic E-state index is 13.3. The average molecular weight is 335 g/mol. The highest BCUT2D eigenvalue weighted by molar-refractivity contribution is 7.89. The molecule has 124 valence electrons. The van der Waals surface area contributed by atoms with Gasteiger partial charge in [0, 0.05) is 6.04 Å². The van der Waals surface area contributed by atoms with Crippen LogP contribution in [0.5, 0.6) is 0 Å². The number of nitrogens with one attached hydrogen (secondary N) is 1. The summed E-state index contributed by atoms with van der Waals surface area (Å²) in [5, 5.41) is 0. The molecule has 2 aromatic rings. The van der Waals surface area contributed by atoms with Gasteiger partial charge < -0.3 is 0 Å². The quantitative estimate of drug-likeness (QED) is 0.891. The van der Waals surface area contributed by atoms with E-state index >= 15 is 0 Å². The number of rotatable bonds is 5. The molecule has 2 aromatic carbocycles.